The summed E-state index contributed by atoms with van der Waals surface area (Å²) in [6.45, 7) is 1.82. The smallest absolute Gasteiger partial charge is 0.264 e. The van der Waals surface area contributed by atoms with E-state index in [1.807, 2.05) is 13.0 Å². The second-order valence-corrected chi connectivity index (χ2v) is 11.7. The van der Waals surface area contributed by atoms with Crippen LogP contribution >= 0.6 is 23.2 Å². The normalized spacial score (nSPS) is 14.7. The van der Waals surface area contributed by atoms with E-state index in [9.17, 15) is 18.0 Å². The number of benzene rings is 4. The number of halogens is 2. The fourth-order valence-corrected chi connectivity index (χ4v) is 6.57. The van der Waals surface area contributed by atoms with E-state index in [4.69, 9.17) is 23.2 Å². The summed E-state index contributed by atoms with van der Waals surface area (Å²) < 4.78 is 28.1. The molecule has 0 bridgehead atoms. The van der Waals surface area contributed by atoms with E-state index in [0.717, 1.165) is 5.56 Å². The third-order valence-corrected chi connectivity index (χ3v) is 8.81. The van der Waals surface area contributed by atoms with Crippen molar-refractivity contribution in [3.63, 3.8) is 0 Å². The molecule has 1 atom stereocenters. The van der Waals surface area contributed by atoms with Gasteiger partial charge < -0.3 is 5.32 Å². The molecule has 6 nitrogen and oxygen atoms in total. The number of ketones is 1. The van der Waals surface area contributed by atoms with Crippen LogP contribution in [0.5, 0.6) is 0 Å². The van der Waals surface area contributed by atoms with Crippen LogP contribution in [-0.4, -0.2) is 26.2 Å². The van der Waals surface area contributed by atoms with Gasteiger partial charge in [0.1, 0.15) is 0 Å². The summed E-state index contributed by atoms with van der Waals surface area (Å²) in [4.78, 5) is 26.5. The molecule has 0 aromatic heterocycles. The molecular weight excluding hydrogens is 543 g/mol. The summed E-state index contributed by atoms with van der Waals surface area (Å²) in [5, 5.41) is 3.64. The molecule has 0 saturated carbocycles. The Morgan fingerprint density at radius 3 is 2.24 bits per heavy atom. The van der Waals surface area contributed by atoms with Crippen molar-refractivity contribution in [2.24, 2.45) is 0 Å². The lowest BCUT2D eigenvalue weighted by molar-refractivity contribution is 0.102. The minimum Gasteiger partial charge on any atom is -0.321 e. The molecule has 5 rings (SSSR count). The zero-order valence-corrected chi connectivity index (χ0v) is 22.5. The number of nitrogens with one attached hydrogen (secondary N) is 1. The monoisotopic (exact) mass is 564 g/mol. The fourth-order valence-electron chi connectivity index (χ4n) is 4.58. The van der Waals surface area contributed by atoms with E-state index in [1.165, 1.54) is 34.6 Å². The number of anilines is 2. The topological polar surface area (TPSA) is 83.6 Å². The van der Waals surface area contributed by atoms with Crippen LogP contribution in [0.25, 0.3) is 0 Å². The van der Waals surface area contributed by atoms with Crippen LogP contribution in [0.3, 0.4) is 0 Å². The molecule has 1 amide bonds. The molecule has 4 aromatic rings. The Labute approximate surface area is 230 Å². The van der Waals surface area contributed by atoms with Crippen LogP contribution in [0.4, 0.5) is 11.4 Å². The molecule has 0 unspecified atom stereocenters. The third kappa shape index (κ3) is 4.92. The van der Waals surface area contributed by atoms with E-state index in [2.05, 4.69) is 5.32 Å². The highest BCUT2D eigenvalue weighted by Crippen LogP contribution is 2.37. The highest BCUT2D eigenvalue weighted by molar-refractivity contribution is 7.92. The molecule has 1 N–H and O–H groups in total. The van der Waals surface area contributed by atoms with Gasteiger partial charge in [0.2, 0.25) is 0 Å². The molecule has 0 saturated heterocycles. The molecule has 38 heavy (non-hydrogen) atoms. The standard InChI is InChI=1S/C29H22Cl2N2O4S/c1-18-15-21-16-20(7-14-27(21)33(18)38(36,37)24-11-8-22(30)9-12-24)29(35)32-26-13-10-23(31)17-25(26)28(34)19-5-3-2-4-6-19/h2-14,16-18H,15H2,1H3,(H,32,35)/t18-/m1/s1. The highest BCUT2D eigenvalue weighted by Gasteiger charge is 2.36. The molecular formula is C29H22Cl2N2O4S. The lowest BCUT2D eigenvalue weighted by atomic mass is 10.0. The molecule has 4 aromatic carbocycles. The van der Waals surface area contributed by atoms with E-state index in [1.54, 1.807) is 54.6 Å². The molecule has 0 fully saturated rings. The Hall–Kier alpha value is -3.65. The van der Waals surface area contributed by atoms with E-state index in [-0.39, 0.29) is 22.3 Å². The number of nitrogens with zero attached hydrogens (tertiary/aromatic N) is 1. The van der Waals surface area contributed by atoms with Crippen molar-refractivity contribution in [2.75, 3.05) is 9.62 Å². The van der Waals surface area contributed by atoms with Crippen molar-refractivity contribution < 1.29 is 18.0 Å². The van der Waals surface area contributed by atoms with Crippen molar-refractivity contribution in [3.05, 3.63) is 123 Å². The second-order valence-electron chi connectivity index (χ2n) is 8.99. The van der Waals surface area contributed by atoms with Gasteiger partial charge in [-0.25, -0.2) is 8.42 Å². The van der Waals surface area contributed by atoms with Crippen molar-refractivity contribution in [2.45, 2.75) is 24.3 Å². The van der Waals surface area contributed by atoms with Crippen LogP contribution in [0, 0.1) is 0 Å². The molecule has 1 heterocycles. The number of fused-ring (bicyclic) bond motifs is 1. The highest BCUT2D eigenvalue weighted by atomic mass is 35.5. The molecule has 1 aliphatic heterocycles. The molecule has 0 radical (unpaired) electrons. The number of hydrogen-bond donors (Lipinski definition) is 1. The molecule has 0 spiro atoms. The van der Waals surface area contributed by atoms with Crippen molar-refractivity contribution in [1.82, 2.24) is 0 Å². The van der Waals surface area contributed by atoms with Crippen LogP contribution in [0.1, 0.15) is 38.8 Å². The minimum atomic E-state index is -3.82. The van der Waals surface area contributed by atoms with Gasteiger partial charge in [0.05, 0.1) is 16.3 Å². The summed E-state index contributed by atoms with van der Waals surface area (Å²) >= 11 is 12.1. The average Bonchev–Trinajstić information content (AvgIpc) is 3.25. The predicted octanol–water partition coefficient (Wildman–Crippen LogP) is 6.62. The van der Waals surface area contributed by atoms with E-state index >= 15 is 0 Å². The summed E-state index contributed by atoms with van der Waals surface area (Å²) in [7, 11) is -3.82. The number of amides is 1. The van der Waals surface area contributed by atoms with Crippen molar-refractivity contribution >= 4 is 56.3 Å². The predicted molar refractivity (Wildman–Crippen MR) is 150 cm³/mol. The van der Waals surface area contributed by atoms with Gasteiger partial charge in [0.15, 0.2) is 5.78 Å². The maximum absolute atomic E-state index is 13.4. The van der Waals surface area contributed by atoms with Gasteiger partial charge in [-0.05, 0) is 79.6 Å². The SMILES string of the molecule is C[C@@H]1Cc2cc(C(=O)Nc3ccc(Cl)cc3C(=O)c3ccccc3)ccc2N1S(=O)(=O)c1ccc(Cl)cc1. The lowest BCUT2D eigenvalue weighted by Crippen LogP contribution is -2.35. The van der Waals surface area contributed by atoms with Gasteiger partial charge in [-0.2, -0.15) is 0 Å². The van der Waals surface area contributed by atoms with Crippen LogP contribution in [0.2, 0.25) is 10.0 Å². The maximum Gasteiger partial charge on any atom is 0.264 e. The zero-order valence-electron chi connectivity index (χ0n) is 20.2. The van der Waals surface area contributed by atoms with Gasteiger partial charge in [-0.3, -0.25) is 13.9 Å². The fraction of sp³-hybridized carbons (Fsp3) is 0.103. The summed E-state index contributed by atoms with van der Waals surface area (Å²) in [5.74, 6) is -0.696. The lowest BCUT2D eigenvalue weighted by Gasteiger charge is -2.24. The molecule has 192 valence electrons. The van der Waals surface area contributed by atoms with Gasteiger partial charge >= 0.3 is 0 Å². The Morgan fingerprint density at radius 2 is 1.53 bits per heavy atom. The number of carbonyl (C=O) groups is 2. The number of rotatable bonds is 6. The first kappa shape index (κ1) is 26.0. The largest absolute Gasteiger partial charge is 0.321 e. The zero-order chi connectivity index (χ0) is 27.0. The Bertz CT molecular complexity index is 1660. The third-order valence-electron chi connectivity index (χ3n) is 6.38. The molecule has 1 aliphatic rings. The number of carbonyl (C=O) groups excluding carboxylic acids is 2. The molecule has 9 heteroatoms. The van der Waals surface area contributed by atoms with E-state index < -0.39 is 15.9 Å². The number of hydrogen-bond acceptors (Lipinski definition) is 4. The first-order chi connectivity index (χ1) is 18.1. The first-order valence-corrected chi connectivity index (χ1v) is 14.0. The second kappa shape index (κ2) is 10.3. The van der Waals surface area contributed by atoms with Gasteiger partial charge in [0.25, 0.3) is 15.9 Å². The molecule has 0 aliphatic carbocycles. The quantitative estimate of drug-likeness (QED) is 0.267. The van der Waals surface area contributed by atoms with Gasteiger partial charge in [-0.15, -0.1) is 0 Å². The van der Waals surface area contributed by atoms with E-state index in [0.29, 0.717) is 39.0 Å². The van der Waals surface area contributed by atoms with Gasteiger partial charge in [0, 0.05) is 32.8 Å². The van der Waals surface area contributed by atoms with Crippen LogP contribution in [-0.2, 0) is 16.4 Å². The average molecular weight is 565 g/mol. The Balaban J connectivity index is 1.43. The minimum absolute atomic E-state index is 0.141. The first-order valence-electron chi connectivity index (χ1n) is 11.8. The van der Waals surface area contributed by atoms with Gasteiger partial charge in [-0.1, -0.05) is 53.5 Å². The summed E-state index contributed by atoms with van der Waals surface area (Å²) in [6.07, 6.45) is 0.446. The Kier molecular flexibility index (Phi) is 7.01. The Morgan fingerprint density at radius 1 is 0.842 bits per heavy atom. The maximum atomic E-state index is 13.4. The van der Waals surface area contributed by atoms with Crippen molar-refractivity contribution in [1.29, 1.82) is 0 Å². The van der Waals surface area contributed by atoms with Crippen LogP contribution < -0.4 is 9.62 Å². The number of sulfonamides is 1. The van der Waals surface area contributed by atoms with Crippen LogP contribution in [0.15, 0.2) is 95.9 Å². The van der Waals surface area contributed by atoms with Crippen molar-refractivity contribution in [3.8, 4) is 0 Å². The summed E-state index contributed by atoms with van der Waals surface area (Å²) in [5.41, 5.74) is 2.67. The summed E-state index contributed by atoms with van der Waals surface area (Å²) in [6, 6.07) is 24.0.